The van der Waals surface area contributed by atoms with Crippen LogP contribution in [-0.4, -0.2) is 42.5 Å². The molecule has 0 aliphatic heterocycles. The Kier molecular flexibility index (Phi) is 8.51. The Balaban J connectivity index is 2.16. The van der Waals surface area contributed by atoms with Gasteiger partial charge in [0.25, 0.3) is 5.91 Å². The molecule has 0 fully saturated rings. The van der Waals surface area contributed by atoms with Crippen molar-refractivity contribution >= 4 is 27.7 Å². The fourth-order valence-electron chi connectivity index (χ4n) is 2.71. The van der Waals surface area contributed by atoms with Crippen molar-refractivity contribution in [2.24, 2.45) is 0 Å². The third kappa shape index (κ3) is 7.09. The summed E-state index contributed by atoms with van der Waals surface area (Å²) in [6.07, 6.45) is 0. The normalized spacial score (nSPS) is 11.7. The Hall–Kier alpha value is -2.54. The molecule has 0 aromatic heterocycles. The molecule has 0 saturated heterocycles. The fraction of sp³-hybridized carbons (Fsp3) is 0.364. The van der Waals surface area contributed by atoms with Crippen molar-refractivity contribution in [1.82, 2.24) is 10.2 Å². The molecule has 0 spiro atoms. The molecule has 2 aromatic rings. The van der Waals surface area contributed by atoms with Crippen LogP contribution < -0.4 is 14.8 Å². The minimum atomic E-state index is -0.649. The number of rotatable bonds is 9. The molecule has 1 atom stereocenters. The zero-order valence-electron chi connectivity index (χ0n) is 17.1. The van der Waals surface area contributed by atoms with Crippen LogP contribution in [0.25, 0.3) is 0 Å². The van der Waals surface area contributed by atoms with Crippen LogP contribution in [0.5, 0.6) is 11.5 Å². The van der Waals surface area contributed by atoms with E-state index < -0.39 is 6.04 Å². The summed E-state index contributed by atoms with van der Waals surface area (Å²) in [5.74, 6) is 0.796. The quantitative estimate of drug-likeness (QED) is 0.615. The van der Waals surface area contributed by atoms with E-state index in [9.17, 15) is 9.59 Å². The molecule has 2 rings (SSSR count). The van der Waals surface area contributed by atoms with E-state index in [1.165, 1.54) is 4.90 Å². The van der Waals surface area contributed by atoms with Crippen LogP contribution in [0.4, 0.5) is 0 Å². The lowest BCUT2D eigenvalue weighted by Gasteiger charge is -2.29. The number of nitrogens with zero attached hydrogens (tertiary/aromatic N) is 1. The van der Waals surface area contributed by atoms with Gasteiger partial charge in [0.15, 0.2) is 6.61 Å². The Labute approximate surface area is 180 Å². The molecule has 0 bridgehead atoms. The molecule has 0 radical (unpaired) electrons. The summed E-state index contributed by atoms with van der Waals surface area (Å²) in [4.78, 5) is 27.0. The minimum Gasteiger partial charge on any atom is -0.497 e. The monoisotopic (exact) mass is 462 g/mol. The van der Waals surface area contributed by atoms with Crippen LogP contribution in [0.3, 0.4) is 0 Å². The molecule has 6 nitrogen and oxygen atoms in total. The van der Waals surface area contributed by atoms with Crippen molar-refractivity contribution in [2.45, 2.75) is 39.4 Å². The first-order valence-electron chi connectivity index (χ1n) is 9.41. The molecule has 1 N–H and O–H groups in total. The molecule has 0 unspecified atom stereocenters. The number of carbonyl (C=O) groups is 2. The first kappa shape index (κ1) is 22.7. The van der Waals surface area contributed by atoms with Crippen LogP contribution >= 0.6 is 15.9 Å². The highest BCUT2D eigenvalue weighted by molar-refractivity contribution is 9.10. The van der Waals surface area contributed by atoms with Gasteiger partial charge < -0.3 is 19.7 Å². The standard InChI is InChI=1S/C22H27BrN2O4/c1-15(2)24-22(27)16(3)25(13-17-6-5-7-20(12-17)28-4)21(26)14-29-19-10-8-18(23)9-11-19/h5-12,15-16H,13-14H2,1-4H3,(H,24,27)/t16-/m1/s1. The van der Waals surface area contributed by atoms with E-state index in [0.29, 0.717) is 11.5 Å². The minimum absolute atomic E-state index is 0.0160. The second-order valence-electron chi connectivity index (χ2n) is 6.96. The summed E-state index contributed by atoms with van der Waals surface area (Å²) in [5, 5.41) is 2.86. The second-order valence-corrected chi connectivity index (χ2v) is 7.87. The smallest absolute Gasteiger partial charge is 0.261 e. The lowest BCUT2D eigenvalue weighted by atomic mass is 10.1. The number of amides is 2. The van der Waals surface area contributed by atoms with Crippen LogP contribution in [0.1, 0.15) is 26.3 Å². The summed E-state index contributed by atoms with van der Waals surface area (Å²) in [7, 11) is 1.59. The first-order chi connectivity index (χ1) is 13.8. The van der Waals surface area contributed by atoms with Crippen LogP contribution in [0.2, 0.25) is 0 Å². The molecule has 0 heterocycles. The summed E-state index contributed by atoms with van der Waals surface area (Å²) >= 11 is 3.37. The first-order valence-corrected chi connectivity index (χ1v) is 10.2. The van der Waals surface area contributed by atoms with E-state index >= 15 is 0 Å². The van der Waals surface area contributed by atoms with Crippen molar-refractivity contribution in [3.05, 3.63) is 58.6 Å². The third-order valence-corrected chi connectivity index (χ3v) is 4.79. The zero-order valence-corrected chi connectivity index (χ0v) is 18.7. The third-order valence-electron chi connectivity index (χ3n) is 4.26. The van der Waals surface area contributed by atoms with Crippen LogP contribution in [-0.2, 0) is 16.1 Å². The van der Waals surface area contributed by atoms with Gasteiger partial charge in [-0.2, -0.15) is 0 Å². The maximum atomic E-state index is 13.0. The molecule has 0 aliphatic rings. The predicted molar refractivity (Wildman–Crippen MR) is 116 cm³/mol. The van der Waals surface area contributed by atoms with Gasteiger partial charge in [-0.1, -0.05) is 28.1 Å². The Bertz CT molecular complexity index is 824. The van der Waals surface area contributed by atoms with Crippen molar-refractivity contribution < 1.29 is 19.1 Å². The lowest BCUT2D eigenvalue weighted by Crippen LogP contribution is -2.50. The summed E-state index contributed by atoms with van der Waals surface area (Å²) < 4.78 is 11.8. The number of hydrogen-bond donors (Lipinski definition) is 1. The average molecular weight is 463 g/mol. The van der Waals surface area contributed by atoms with E-state index in [-0.39, 0.29) is 31.0 Å². The number of methoxy groups -OCH3 is 1. The van der Waals surface area contributed by atoms with Gasteiger partial charge in [-0.05, 0) is 62.7 Å². The van der Waals surface area contributed by atoms with Crippen molar-refractivity contribution in [1.29, 1.82) is 0 Å². The van der Waals surface area contributed by atoms with E-state index in [1.54, 1.807) is 26.2 Å². The highest BCUT2D eigenvalue weighted by Gasteiger charge is 2.27. The van der Waals surface area contributed by atoms with Crippen LogP contribution in [0, 0.1) is 0 Å². The van der Waals surface area contributed by atoms with E-state index in [4.69, 9.17) is 9.47 Å². The Morgan fingerprint density at radius 3 is 2.38 bits per heavy atom. The molecule has 29 heavy (non-hydrogen) atoms. The molecular weight excluding hydrogens is 436 g/mol. The van der Waals surface area contributed by atoms with Crippen molar-refractivity contribution in [3.8, 4) is 11.5 Å². The molecule has 2 aromatic carbocycles. The van der Waals surface area contributed by atoms with Crippen molar-refractivity contribution in [2.75, 3.05) is 13.7 Å². The highest BCUT2D eigenvalue weighted by Crippen LogP contribution is 2.18. The number of benzene rings is 2. The number of ether oxygens (including phenoxy) is 2. The van der Waals surface area contributed by atoms with Gasteiger partial charge in [0.1, 0.15) is 17.5 Å². The summed E-state index contributed by atoms with van der Waals surface area (Å²) in [6, 6.07) is 14.0. The van der Waals surface area contributed by atoms with Gasteiger partial charge in [0, 0.05) is 17.1 Å². The number of carbonyl (C=O) groups excluding carboxylic acids is 2. The number of nitrogens with one attached hydrogen (secondary N) is 1. The molecule has 7 heteroatoms. The molecule has 0 aliphatic carbocycles. The van der Waals surface area contributed by atoms with E-state index in [2.05, 4.69) is 21.2 Å². The maximum Gasteiger partial charge on any atom is 0.261 e. The number of halogens is 1. The Morgan fingerprint density at radius 1 is 1.07 bits per heavy atom. The molecule has 2 amide bonds. The highest BCUT2D eigenvalue weighted by atomic mass is 79.9. The zero-order chi connectivity index (χ0) is 21.4. The predicted octanol–water partition coefficient (Wildman–Crippen LogP) is 3.78. The molecule has 156 valence electrons. The largest absolute Gasteiger partial charge is 0.497 e. The maximum absolute atomic E-state index is 13.0. The number of hydrogen-bond acceptors (Lipinski definition) is 4. The fourth-order valence-corrected chi connectivity index (χ4v) is 2.98. The van der Waals surface area contributed by atoms with Gasteiger partial charge in [0.2, 0.25) is 5.91 Å². The van der Waals surface area contributed by atoms with Crippen molar-refractivity contribution in [3.63, 3.8) is 0 Å². The van der Waals surface area contributed by atoms with Gasteiger partial charge in [-0.15, -0.1) is 0 Å². The van der Waals surface area contributed by atoms with Gasteiger partial charge in [-0.25, -0.2) is 0 Å². The molecular formula is C22H27BrN2O4. The summed E-state index contributed by atoms with van der Waals surface area (Å²) in [6.45, 7) is 5.59. The SMILES string of the molecule is COc1cccc(CN(C(=O)COc2ccc(Br)cc2)[C@H](C)C(=O)NC(C)C)c1. The van der Waals surface area contributed by atoms with Gasteiger partial charge in [-0.3, -0.25) is 9.59 Å². The van der Waals surface area contributed by atoms with Gasteiger partial charge in [0.05, 0.1) is 7.11 Å². The lowest BCUT2D eigenvalue weighted by molar-refractivity contribution is -0.142. The van der Waals surface area contributed by atoms with E-state index in [1.807, 2.05) is 50.2 Å². The topological polar surface area (TPSA) is 67.9 Å². The van der Waals surface area contributed by atoms with Gasteiger partial charge >= 0.3 is 0 Å². The van der Waals surface area contributed by atoms with Crippen LogP contribution in [0.15, 0.2) is 53.0 Å². The average Bonchev–Trinajstić information content (AvgIpc) is 2.70. The molecule has 0 saturated carbocycles. The van der Waals surface area contributed by atoms with E-state index in [0.717, 1.165) is 10.0 Å². The Morgan fingerprint density at radius 2 is 1.76 bits per heavy atom. The second kappa shape index (κ2) is 10.9. The summed E-state index contributed by atoms with van der Waals surface area (Å²) in [5.41, 5.74) is 0.866.